The molecular formula is C17H25N5O. The van der Waals surface area contributed by atoms with Gasteiger partial charge in [-0.3, -0.25) is 9.69 Å². The maximum atomic E-state index is 11.6. The number of rotatable bonds is 4. The first kappa shape index (κ1) is 14.9. The Bertz CT molecular complexity index is 580. The summed E-state index contributed by atoms with van der Waals surface area (Å²) in [6.45, 7) is 3.00. The molecule has 2 N–H and O–H groups in total. The van der Waals surface area contributed by atoms with Gasteiger partial charge in [-0.05, 0) is 51.1 Å². The largest absolute Gasteiger partial charge is 0.368 e. The van der Waals surface area contributed by atoms with Crippen LogP contribution in [0.2, 0.25) is 0 Å². The molecule has 0 radical (unpaired) electrons. The fourth-order valence-electron chi connectivity index (χ4n) is 4.04. The molecule has 1 saturated carbocycles. The van der Waals surface area contributed by atoms with Crippen molar-refractivity contribution in [2.75, 3.05) is 24.5 Å². The number of amides is 1. The van der Waals surface area contributed by atoms with E-state index in [1.807, 2.05) is 12.3 Å². The molecule has 1 atom stereocenters. The monoisotopic (exact) mass is 315 g/mol. The van der Waals surface area contributed by atoms with Gasteiger partial charge in [-0.15, -0.1) is 0 Å². The number of carbonyl (C=O) groups excluding carboxylic acids is 1. The van der Waals surface area contributed by atoms with E-state index >= 15 is 0 Å². The number of piperidine rings is 1. The summed E-state index contributed by atoms with van der Waals surface area (Å²) in [5.74, 6) is 2.51. The smallest absolute Gasteiger partial charge is 0.234 e. The average molecular weight is 315 g/mol. The highest BCUT2D eigenvalue weighted by Gasteiger charge is 2.36. The lowest BCUT2D eigenvalue weighted by molar-refractivity contribution is -0.123. The van der Waals surface area contributed by atoms with Crippen LogP contribution in [0.15, 0.2) is 12.3 Å². The quantitative estimate of drug-likeness (QED) is 0.905. The zero-order chi connectivity index (χ0) is 15.8. The van der Waals surface area contributed by atoms with Crippen molar-refractivity contribution in [2.45, 2.75) is 56.5 Å². The SMILES string of the molecule is NC(=O)C1CCCN1C1CCN(c2ccnc(C3CC3)n2)CC1. The van der Waals surface area contributed by atoms with Gasteiger partial charge in [-0.2, -0.15) is 0 Å². The minimum absolute atomic E-state index is 0.0490. The highest BCUT2D eigenvalue weighted by atomic mass is 16.1. The predicted octanol–water partition coefficient (Wildman–Crippen LogP) is 1.27. The summed E-state index contributed by atoms with van der Waals surface area (Å²) in [7, 11) is 0. The molecule has 0 spiro atoms. The molecule has 1 unspecified atom stereocenters. The fourth-order valence-corrected chi connectivity index (χ4v) is 4.04. The van der Waals surface area contributed by atoms with Gasteiger partial charge in [0, 0.05) is 31.2 Å². The Morgan fingerprint density at radius 3 is 2.61 bits per heavy atom. The van der Waals surface area contributed by atoms with Crippen LogP contribution in [-0.2, 0) is 4.79 Å². The Hall–Kier alpha value is -1.69. The number of nitrogens with zero attached hydrogens (tertiary/aromatic N) is 4. The molecule has 0 bridgehead atoms. The van der Waals surface area contributed by atoms with E-state index in [1.165, 1.54) is 12.8 Å². The van der Waals surface area contributed by atoms with Crippen LogP contribution in [0, 0.1) is 0 Å². The lowest BCUT2D eigenvalue weighted by Crippen LogP contribution is -2.50. The topological polar surface area (TPSA) is 75.4 Å². The van der Waals surface area contributed by atoms with E-state index in [4.69, 9.17) is 10.7 Å². The van der Waals surface area contributed by atoms with Crippen molar-refractivity contribution in [1.82, 2.24) is 14.9 Å². The van der Waals surface area contributed by atoms with Crippen LogP contribution in [0.25, 0.3) is 0 Å². The zero-order valence-electron chi connectivity index (χ0n) is 13.5. The van der Waals surface area contributed by atoms with Crippen molar-refractivity contribution in [3.05, 3.63) is 18.1 Å². The zero-order valence-corrected chi connectivity index (χ0v) is 13.5. The molecule has 2 saturated heterocycles. The van der Waals surface area contributed by atoms with E-state index in [0.29, 0.717) is 12.0 Å². The van der Waals surface area contributed by atoms with E-state index in [0.717, 1.165) is 57.0 Å². The summed E-state index contributed by atoms with van der Waals surface area (Å²) in [6, 6.07) is 2.46. The molecule has 3 heterocycles. The normalized spacial score (nSPS) is 26.6. The number of primary amides is 1. The summed E-state index contributed by atoms with van der Waals surface area (Å²) in [5.41, 5.74) is 5.56. The summed E-state index contributed by atoms with van der Waals surface area (Å²) in [6.07, 6.45) is 8.52. The first-order chi connectivity index (χ1) is 11.2. The van der Waals surface area contributed by atoms with Crippen LogP contribution in [0.5, 0.6) is 0 Å². The third-order valence-corrected chi connectivity index (χ3v) is 5.48. The second kappa shape index (κ2) is 6.07. The van der Waals surface area contributed by atoms with E-state index in [2.05, 4.69) is 14.8 Å². The lowest BCUT2D eigenvalue weighted by atomic mass is 10.0. The standard InChI is InChI=1S/C17H25N5O/c18-16(23)14-2-1-9-22(14)13-6-10-21(11-7-13)15-5-8-19-17(20-15)12-3-4-12/h5,8,12-14H,1-4,6-7,9-11H2,(H2,18,23). The minimum atomic E-state index is -0.158. The van der Waals surface area contributed by atoms with Crippen molar-refractivity contribution in [3.63, 3.8) is 0 Å². The van der Waals surface area contributed by atoms with Gasteiger partial charge >= 0.3 is 0 Å². The van der Waals surface area contributed by atoms with Gasteiger partial charge in [0.15, 0.2) is 0 Å². The molecule has 124 valence electrons. The van der Waals surface area contributed by atoms with Gasteiger partial charge in [-0.1, -0.05) is 0 Å². The molecule has 0 aromatic carbocycles. The van der Waals surface area contributed by atoms with Crippen LogP contribution in [0.3, 0.4) is 0 Å². The molecule has 1 aliphatic carbocycles. The van der Waals surface area contributed by atoms with Crippen molar-refractivity contribution >= 4 is 11.7 Å². The lowest BCUT2D eigenvalue weighted by Gasteiger charge is -2.39. The first-order valence-corrected chi connectivity index (χ1v) is 8.85. The summed E-state index contributed by atoms with van der Waals surface area (Å²) in [4.78, 5) is 25.5. The number of aromatic nitrogens is 2. The van der Waals surface area contributed by atoms with Gasteiger partial charge in [0.25, 0.3) is 0 Å². The fraction of sp³-hybridized carbons (Fsp3) is 0.706. The van der Waals surface area contributed by atoms with Gasteiger partial charge in [0.1, 0.15) is 11.6 Å². The second-order valence-electron chi connectivity index (χ2n) is 7.06. The average Bonchev–Trinajstić information content (AvgIpc) is 3.31. The van der Waals surface area contributed by atoms with Gasteiger partial charge < -0.3 is 10.6 Å². The van der Waals surface area contributed by atoms with Crippen molar-refractivity contribution in [1.29, 1.82) is 0 Å². The predicted molar refractivity (Wildman–Crippen MR) is 88.2 cm³/mol. The van der Waals surface area contributed by atoms with E-state index in [-0.39, 0.29) is 11.9 Å². The second-order valence-corrected chi connectivity index (χ2v) is 7.06. The highest BCUT2D eigenvalue weighted by Crippen LogP contribution is 2.38. The molecule has 1 amide bonds. The van der Waals surface area contributed by atoms with Crippen LogP contribution >= 0.6 is 0 Å². The van der Waals surface area contributed by atoms with Crippen LogP contribution < -0.4 is 10.6 Å². The Balaban J connectivity index is 1.39. The summed E-state index contributed by atoms with van der Waals surface area (Å²) < 4.78 is 0. The van der Waals surface area contributed by atoms with Crippen molar-refractivity contribution in [2.24, 2.45) is 5.73 Å². The number of hydrogen-bond donors (Lipinski definition) is 1. The molecule has 1 aromatic heterocycles. The van der Waals surface area contributed by atoms with Gasteiger partial charge in [-0.25, -0.2) is 9.97 Å². The number of anilines is 1. The van der Waals surface area contributed by atoms with E-state index < -0.39 is 0 Å². The molecule has 3 fully saturated rings. The first-order valence-electron chi connectivity index (χ1n) is 8.85. The van der Waals surface area contributed by atoms with E-state index in [1.54, 1.807) is 0 Å². The van der Waals surface area contributed by atoms with Gasteiger partial charge in [0.2, 0.25) is 5.91 Å². The number of likely N-dealkylation sites (tertiary alicyclic amines) is 1. The number of hydrogen-bond acceptors (Lipinski definition) is 5. The molecule has 3 aliphatic rings. The maximum absolute atomic E-state index is 11.6. The minimum Gasteiger partial charge on any atom is -0.368 e. The molecule has 6 nitrogen and oxygen atoms in total. The molecule has 23 heavy (non-hydrogen) atoms. The Kier molecular flexibility index (Phi) is 3.93. The number of nitrogens with two attached hydrogens (primary N) is 1. The molecule has 6 heteroatoms. The highest BCUT2D eigenvalue weighted by molar-refractivity contribution is 5.80. The summed E-state index contributed by atoms with van der Waals surface area (Å²) >= 11 is 0. The van der Waals surface area contributed by atoms with Gasteiger partial charge in [0.05, 0.1) is 6.04 Å². The third kappa shape index (κ3) is 3.04. The Labute approximate surface area is 137 Å². The Morgan fingerprint density at radius 1 is 1.13 bits per heavy atom. The van der Waals surface area contributed by atoms with Crippen molar-refractivity contribution < 1.29 is 4.79 Å². The van der Waals surface area contributed by atoms with Crippen LogP contribution in [0.4, 0.5) is 5.82 Å². The summed E-state index contributed by atoms with van der Waals surface area (Å²) in [5, 5.41) is 0. The maximum Gasteiger partial charge on any atom is 0.234 e. The molecule has 1 aromatic rings. The van der Waals surface area contributed by atoms with E-state index in [9.17, 15) is 4.79 Å². The van der Waals surface area contributed by atoms with Crippen LogP contribution in [0.1, 0.15) is 50.3 Å². The molecule has 2 aliphatic heterocycles. The number of carbonyl (C=O) groups is 1. The third-order valence-electron chi connectivity index (χ3n) is 5.48. The molecule has 4 rings (SSSR count). The van der Waals surface area contributed by atoms with Crippen molar-refractivity contribution in [3.8, 4) is 0 Å². The molecular weight excluding hydrogens is 290 g/mol. The van der Waals surface area contributed by atoms with Crippen LogP contribution in [-0.4, -0.2) is 52.5 Å². The Morgan fingerprint density at radius 2 is 1.91 bits per heavy atom.